The Hall–Kier alpha value is -10.4. The topological polar surface area (TPSA) is 90.2 Å². The van der Waals surface area contributed by atoms with Crippen LogP contribution in [0.4, 0.5) is 28.4 Å². The fourth-order valence-corrected chi connectivity index (χ4v) is 9.28. The standard InChI is InChI=1S/C62H36N8/c1-65-55-22-12-9-20-52(55)57-38-58(68-62(67-57)53-21-10-13-23-56(53)66-2)61-45(39-63)35-44(36-46(61)40-64)43-27-25-41(26-28-43)42-29-31-49(32-30-42)70-59-24-14-11-19-51(59)54-37-50(33-34-60(54)70)69(47-15-5-3-6-16-47)48-17-7-4-8-18-48/h3-38H. The maximum Gasteiger partial charge on any atom is 0.198 e. The average Bonchev–Trinajstić information content (AvgIpc) is 3.76. The molecule has 0 bridgehead atoms. The van der Waals surface area contributed by atoms with E-state index < -0.39 is 0 Å². The van der Waals surface area contributed by atoms with Gasteiger partial charge in [-0.15, -0.1) is 0 Å². The summed E-state index contributed by atoms with van der Waals surface area (Å²) in [6.07, 6.45) is 0. The summed E-state index contributed by atoms with van der Waals surface area (Å²) in [4.78, 5) is 19.4. The molecule has 0 radical (unpaired) electrons. The van der Waals surface area contributed by atoms with Crippen molar-refractivity contribution in [2.45, 2.75) is 0 Å². The van der Waals surface area contributed by atoms with Gasteiger partial charge in [0.1, 0.15) is 5.82 Å². The minimum Gasteiger partial charge on any atom is -0.310 e. The van der Waals surface area contributed by atoms with Crippen molar-refractivity contribution >= 4 is 50.2 Å². The maximum absolute atomic E-state index is 10.6. The van der Waals surface area contributed by atoms with Gasteiger partial charge in [0.2, 0.25) is 0 Å². The first-order valence-corrected chi connectivity index (χ1v) is 22.5. The summed E-state index contributed by atoms with van der Waals surface area (Å²) in [6, 6.07) is 76.9. The highest BCUT2D eigenvalue weighted by atomic mass is 15.1. The van der Waals surface area contributed by atoms with Crippen LogP contribution in [0.1, 0.15) is 11.1 Å². The molecule has 9 aromatic carbocycles. The number of nitrogens with zero attached hydrogens (tertiary/aromatic N) is 8. The van der Waals surface area contributed by atoms with E-state index in [-0.39, 0.29) is 17.0 Å². The zero-order valence-electron chi connectivity index (χ0n) is 37.4. The maximum atomic E-state index is 10.6. The van der Waals surface area contributed by atoms with Crippen LogP contribution in [0.2, 0.25) is 0 Å². The molecular formula is C62H36N8. The van der Waals surface area contributed by atoms with Crippen LogP contribution in [-0.4, -0.2) is 14.5 Å². The second-order valence-corrected chi connectivity index (χ2v) is 16.6. The molecule has 0 saturated heterocycles. The number of fused-ring (bicyclic) bond motifs is 3. The quantitative estimate of drug-likeness (QED) is 0.135. The molecule has 8 nitrogen and oxygen atoms in total. The van der Waals surface area contributed by atoms with Gasteiger partial charge in [-0.1, -0.05) is 140 Å². The molecule has 324 valence electrons. The van der Waals surface area contributed by atoms with Gasteiger partial charge in [-0.05, 0) is 101 Å². The van der Waals surface area contributed by atoms with Gasteiger partial charge in [0.05, 0.1) is 58.8 Å². The van der Waals surface area contributed by atoms with Crippen LogP contribution in [0.5, 0.6) is 0 Å². The Balaban J connectivity index is 0.927. The van der Waals surface area contributed by atoms with Gasteiger partial charge in [-0.2, -0.15) is 10.5 Å². The Labute approximate surface area is 404 Å². The van der Waals surface area contributed by atoms with Gasteiger partial charge in [-0.25, -0.2) is 19.7 Å². The summed E-state index contributed by atoms with van der Waals surface area (Å²) in [5, 5.41) is 23.6. The molecule has 0 aliphatic rings. The van der Waals surface area contributed by atoms with Crippen LogP contribution in [0, 0.1) is 35.8 Å². The highest BCUT2D eigenvalue weighted by Gasteiger charge is 2.21. The van der Waals surface area contributed by atoms with E-state index in [0.717, 1.165) is 55.9 Å². The van der Waals surface area contributed by atoms with E-state index >= 15 is 0 Å². The molecule has 8 heteroatoms. The summed E-state index contributed by atoms with van der Waals surface area (Å²) in [6.45, 7) is 15.6. The van der Waals surface area contributed by atoms with Crippen LogP contribution in [-0.2, 0) is 0 Å². The second kappa shape index (κ2) is 18.1. The minimum absolute atomic E-state index is 0.248. The zero-order valence-corrected chi connectivity index (χ0v) is 37.4. The van der Waals surface area contributed by atoms with Gasteiger partial charge in [0, 0.05) is 50.2 Å². The molecule has 0 aliphatic heterocycles. The van der Waals surface area contributed by atoms with Crippen molar-refractivity contribution in [3.05, 3.63) is 252 Å². The molecule has 0 aliphatic carbocycles. The Morgan fingerprint density at radius 3 is 1.54 bits per heavy atom. The first kappa shape index (κ1) is 42.3. The van der Waals surface area contributed by atoms with E-state index in [4.69, 9.17) is 23.1 Å². The van der Waals surface area contributed by atoms with Crippen LogP contribution in [0.15, 0.2) is 218 Å². The third kappa shape index (κ3) is 7.63. The largest absolute Gasteiger partial charge is 0.310 e. The van der Waals surface area contributed by atoms with Crippen molar-refractivity contribution in [2.75, 3.05) is 4.90 Å². The lowest BCUT2D eigenvalue weighted by molar-refractivity contribution is 1.18. The van der Waals surface area contributed by atoms with Crippen LogP contribution < -0.4 is 4.90 Å². The van der Waals surface area contributed by atoms with Crippen LogP contribution in [0.25, 0.3) is 93.3 Å². The lowest BCUT2D eigenvalue weighted by Crippen LogP contribution is -2.09. The number of nitriles is 2. The van der Waals surface area contributed by atoms with E-state index in [2.05, 4.69) is 159 Å². The first-order valence-electron chi connectivity index (χ1n) is 22.5. The molecule has 0 fully saturated rings. The molecule has 0 spiro atoms. The van der Waals surface area contributed by atoms with E-state index in [1.54, 1.807) is 60.7 Å². The molecule has 11 rings (SSSR count). The summed E-state index contributed by atoms with van der Waals surface area (Å²) in [7, 11) is 0. The predicted octanol–water partition coefficient (Wildman–Crippen LogP) is 16.2. The zero-order chi connectivity index (χ0) is 47.6. The molecule has 0 unspecified atom stereocenters. The van der Waals surface area contributed by atoms with E-state index in [0.29, 0.717) is 45.0 Å². The average molecular weight is 893 g/mol. The summed E-state index contributed by atoms with van der Waals surface area (Å²) >= 11 is 0. The van der Waals surface area contributed by atoms with Crippen molar-refractivity contribution in [1.29, 1.82) is 10.5 Å². The molecule has 0 saturated carbocycles. The molecule has 2 heterocycles. The van der Waals surface area contributed by atoms with Crippen molar-refractivity contribution in [1.82, 2.24) is 14.5 Å². The van der Waals surface area contributed by atoms with Crippen molar-refractivity contribution in [3.63, 3.8) is 0 Å². The second-order valence-electron chi connectivity index (χ2n) is 16.6. The molecule has 0 amide bonds. The first-order chi connectivity index (χ1) is 34.5. The normalized spacial score (nSPS) is 10.8. The Bertz CT molecular complexity index is 3830. The molecular weight excluding hydrogens is 857 g/mol. The van der Waals surface area contributed by atoms with Crippen LogP contribution >= 0.6 is 0 Å². The SMILES string of the molecule is [C-]#[N+]c1ccccc1-c1cc(-c2c(C#N)cc(-c3ccc(-c4ccc(-n5c6ccccc6c6cc(N(c7ccccc7)c7ccccc7)ccc65)cc4)cc3)cc2C#N)nc(-c2ccccc2[N+]#[C-])n1. The van der Waals surface area contributed by atoms with E-state index in [9.17, 15) is 10.5 Å². The summed E-state index contributed by atoms with van der Waals surface area (Å²) < 4.78 is 2.32. The van der Waals surface area contributed by atoms with E-state index in [1.807, 2.05) is 30.3 Å². The molecule has 2 aromatic heterocycles. The number of para-hydroxylation sites is 5. The Kier molecular flexibility index (Phi) is 10.9. The summed E-state index contributed by atoms with van der Waals surface area (Å²) in [5.41, 5.74) is 13.6. The molecule has 11 aromatic rings. The summed E-state index contributed by atoms with van der Waals surface area (Å²) in [5.74, 6) is 0.248. The fraction of sp³-hybridized carbons (Fsp3) is 0. The monoisotopic (exact) mass is 892 g/mol. The van der Waals surface area contributed by atoms with Crippen molar-refractivity contribution < 1.29 is 0 Å². The number of hydrogen-bond acceptors (Lipinski definition) is 5. The minimum atomic E-state index is 0.248. The molecule has 0 atom stereocenters. The predicted molar refractivity (Wildman–Crippen MR) is 280 cm³/mol. The third-order valence-electron chi connectivity index (χ3n) is 12.5. The molecule has 70 heavy (non-hydrogen) atoms. The van der Waals surface area contributed by atoms with Gasteiger partial charge in [0.25, 0.3) is 0 Å². The smallest absolute Gasteiger partial charge is 0.198 e. The van der Waals surface area contributed by atoms with E-state index in [1.165, 1.54) is 5.39 Å². The highest BCUT2D eigenvalue weighted by Crippen LogP contribution is 2.41. The Morgan fingerprint density at radius 2 is 0.929 bits per heavy atom. The number of aromatic nitrogens is 3. The Morgan fingerprint density at radius 1 is 0.429 bits per heavy atom. The van der Waals surface area contributed by atoms with Crippen molar-refractivity contribution in [2.24, 2.45) is 0 Å². The molecule has 0 N–H and O–H groups in total. The number of hydrogen-bond donors (Lipinski definition) is 0. The number of benzene rings is 9. The van der Waals surface area contributed by atoms with Gasteiger partial charge in [0.15, 0.2) is 11.4 Å². The van der Waals surface area contributed by atoms with Crippen LogP contribution in [0.3, 0.4) is 0 Å². The van der Waals surface area contributed by atoms with Gasteiger partial charge < -0.3 is 9.47 Å². The number of anilines is 3. The van der Waals surface area contributed by atoms with Crippen molar-refractivity contribution in [3.8, 4) is 74.0 Å². The number of rotatable bonds is 9. The highest BCUT2D eigenvalue weighted by molar-refractivity contribution is 6.10. The van der Waals surface area contributed by atoms with Gasteiger partial charge >= 0.3 is 0 Å². The van der Waals surface area contributed by atoms with Gasteiger partial charge in [-0.3, -0.25) is 0 Å². The fourth-order valence-electron chi connectivity index (χ4n) is 9.28. The lowest BCUT2D eigenvalue weighted by Gasteiger charge is -2.25. The third-order valence-corrected chi connectivity index (χ3v) is 12.5. The lowest BCUT2D eigenvalue weighted by atomic mass is 9.92.